The normalized spacial score (nSPS) is 18.9. The Balaban J connectivity index is 1.56. The molecule has 2 aliphatic rings. The summed E-state index contributed by atoms with van der Waals surface area (Å²) in [7, 11) is 9.18. The van der Waals surface area contributed by atoms with Crippen molar-refractivity contribution < 1.29 is 14.3 Å². The maximum absolute atomic E-state index is 12.9. The Kier molecular flexibility index (Phi) is 7.60. The molecule has 0 spiro atoms. The van der Waals surface area contributed by atoms with Crippen molar-refractivity contribution >= 4 is 35.0 Å². The maximum atomic E-state index is 12.9. The molecule has 36 heavy (non-hydrogen) atoms. The molecule has 4 rings (SSSR count). The minimum absolute atomic E-state index is 0.00112. The van der Waals surface area contributed by atoms with Gasteiger partial charge in [-0.25, -0.2) is 9.99 Å². The van der Waals surface area contributed by atoms with Crippen LogP contribution in [0.5, 0.6) is 5.75 Å². The summed E-state index contributed by atoms with van der Waals surface area (Å²) < 4.78 is 5.57. The van der Waals surface area contributed by atoms with Crippen molar-refractivity contribution in [3.05, 3.63) is 30.0 Å². The Morgan fingerprint density at radius 3 is 2.58 bits per heavy atom. The summed E-state index contributed by atoms with van der Waals surface area (Å²) in [5.74, 6) is 1.40. The summed E-state index contributed by atoms with van der Waals surface area (Å²) in [6.07, 6.45) is 4.17. The molecule has 11 heteroatoms. The van der Waals surface area contributed by atoms with E-state index < -0.39 is 0 Å². The molecule has 0 bridgehead atoms. The van der Waals surface area contributed by atoms with Gasteiger partial charge in [-0.15, -0.1) is 0 Å². The summed E-state index contributed by atoms with van der Waals surface area (Å²) in [5, 5.41) is 10.1. The first-order valence-corrected chi connectivity index (χ1v) is 12.3. The van der Waals surface area contributed by atoms with Crippen molar-refractivity contribution in [2.24, 2.45) is 0 Å². The average molecular weight is 497 g/mol. The zero-order valence-electron chi connectivity index (χ0n) is 21.9. The molecule has 1 aromatic heterocycles. The number of fused-ring (bicyclic) bond motifs is 1. The molecule has 1 fully saturated rings. The number of rotatable bonds is 7. The number of nitrogens with one attached hydrogen (secondary N) is 2. The lowest BCUT2D eigenvalue weighted by atomic mass is 10.0. The standard InChI is InChI=1S/C25H36N8O3/c1-7-19-24(35)32(5)20-15-26-25(29-22(20)33(19)30(2)3)28-18-9-8-16(14-21(18)36-6)23(34)27-17-10-12-31(4)13-11-17/h8-9,14-15,17,19H,7,10-13H2,1-6H3,(H,27,34)(H,26,28,29). The van der Waals surface area contributed by atoms with Crippen LogP contribution >= 0.6 is 0 Å². The van der Waals surface area contributed by atoms with E-state index in [-0.39, 0.29) is 23.9 Å². The summed E-state index contributed by atoms with van der Waals surface area (Å²) in [6, 6.07) is 5.10. The SMILES string of the molecule is CCC1C(=O)N(C)c2cnc(Nc3ccc(C(=O)NC4CCN(C)CC4)cc3OC)nc2N1N(C)C. The molecule has 2 amide bonds. The van der Waals surface area contributed by atoms with E-state index in [2.05, 4.69) is 27.6 Å². The molecule has 0 radical (unpaired) electrons. The molecule has 0 aliphatic carbocycles. The van der Waals surface area contributed by atoms with Crippen LogP contribution in [-0.2, 0) is 4.79 Å². The fourth-order valence-electron chi connectivity index (χ4n) is 4.72. The number of benzene rings is 1. The molecule has 2 aromatic rings. The fraction of sp³-hybridized carbons (Fsp3) is 0.520. The molecule has 1 aromatic carbocycles. The molecule has 2 aliphatic heterocycles. The topological polar surface area (TPSA) is 106 Å². The number of nitrogens with zero attached hydrogens (tertiary/aromatic N) is 6. The van der Waals surface area contributed by atoms with Crippen LogP contribution in [0.15, 0.2) is 24.4 Å². The lowest BCUT2D eigenvalue weighted by molar-refractivity contribution is -0.120. The van der Waals surface area contributed by atoms with Gasteiger partial charge in [0.2, 0.25) is 5.95 Å². The number of amides is 2. The van der Waals surface area contributed by atoms with Gasteiger partial charge in [0.05, 0.1) is 19.0 Å². The molecule has 1 atom stereocenters. The Labute approximate surface area is 212 Å². The number of anilines is 4. The minimum Gasteiger partial charge on any atom is -0.495 e. The first-order chi connectivity index (χ1) is 17.2. The molecule has 0 saturated carbocycles. The van der Waals surface area contributed by atoms with Crippen LogP contribution < -0.4 is 25.3 Å². The van der Waals surface area contributed by atoms with Gasteiger partial charge in [0.15, 0.2) is 5.82 Å². The number of methoxy groups -OCH3 is 1. The highest BCUT2D eigenvalue weighted by Crippen LogP contribution is 2.36. The van der Waals surface area contributed by atoms with Crippen molar-refractivity contribution in [2.75, 3.05) is 63.6 Å². The lowest BCUT2D eigenvalue weighted by Crippen LogP contribution is -2.57. The van der Waals surface area contributed by atoms with Gasteiger partial charge >= 0.3 is 0 Å². The third-order valence-corrected chi connectivity index (χ3v) is 6.82. The smallest absolute Gasteiger partial charge is 0.251 e. The quantitative estimate of drug-likeness (QED) is 0.596. The number of hydrogen-bond acceptors (Lipinski definition) is 9. The van der Waals surface area contributed by atoms with E-state index in [0.717, 1.165) is 25.9 Å². The number of piperidine rings is 1. The van der Waals surface area contributed by atoms with E-state index in [9.17, 15) is 9.59 Å². The largest absolute Gasteiger partial charge is 0.495 e. The third-order valence-electron chi connectivity index (χ3n) is 6.82. The highest BCUT2D eigenvalue weighted by molar-refractivity contribution is 6.04. The van der Waals surface area contributed by atoms with E-state index in [1.165, 1.54) is 0 Å². The summed E-state index contributed by atoms with van der Waals surface area (Å²) in [4.78, 5) is 38.7. The van der Waals surface area contributed by atoms with Gasteiger partial charge in [0, 0.05) is 32.7 Å². The van der Waals surface area contributed by atoms with Crippen molar-refractivity contribution in [2.45, 2.75) is 38.3 Å². The Morgan fingerprint density at radius 1 is 1.22 bits per heavy atom. The van der Waals surface area contributed by atoms with E-state index in [1.807, 2.05) is 31.0 Å². The number of likely N-dealkylation sites (N-methyl/N-ethyl adjacent to an activating group) is 1. The summed E-state index contributed by atoms with van der Waals surface area (Å²) >= 11 is 0. The Morgan fingerprint density at radius 2 is 1.94 bits per heavy atom. The van der Waals surface area contributed by atoms with Crippen LogP contribution in [-0.4, -0.2) is 92.2 Å². The molecule has 11 nitrogen and oxygen atoms in total. The number of aromatic nitrogens is 2. The number of likely N-dealkylation sites (tertiary alicyclic amines) is 1. The lowest BCUT2D eigenvalue weighted by Gasteiger charge is -2.43. The van der Waals surface area contributed by atoms with Crippen LogP contribution in [0.25, 0.3) is 0 Å². The molecule has 1 unspecified atom stereocenters. The van der Waals surface area contributed by atoms with Crippen LogP contribution in [0.2, 0.25) is 0 Å². The zero-order valence-corrected chi connectivity index (χ0v) is 21.9. The molecule has 3 heterocycles. The maximum Gasteiger partial charge on any atom is 0.251 e. The van der Waals surface area contributed by atoms with Gasteiger partial charge in [0.1, 0.15) is 17.5 Å². The van der Waals surface area contributed by atoms with Gasteiger partial charge in [-0.3, -0.25) is 14.6 Å². The van der Waals surface area contributed by atoms with E-state index in [0.29, 0.717) is 40.9 Å². The van der Waals surface area contributed by atoms with Crippen molar-refractivity contribution in [1.82, 2.24) is 25.2 Å². The van der Waals surface area contributed by atoms with Crippen LogP contribution in [0, 0.1) is 0 Å². The summed E-state index contributed by atoms with van der Waals surface area (Å²) in [5.41, 5.74) is 1.81. The van der Waals surface area contributed by atoms with Crippen molar-refractivity contribution in [1.29, 1.82) is 0 Å². The highest BCUT2D eigenvalue weighted by Gasteiger charge is 2.38. The number of carbonyl (C=O) groups is 2. The Hall–Kier alpha value is -3.44. The van der Waals surface area contributed by atoms with Crippen molar-refractivity contribution in [3.8, 4) is 5.75 Å². The number of hydrazine groups is 1. The molecule has 194 valence electrons. The van der Waals surface area contributed by atoms with Gasteiger partial charge in [-0.2, -0.15) is 4.98 Å². The van der Waals surface area contributed by atoms with Crippen molar-refractivity contribution in [3.63, 3.8) is 0 Å². The zero-order chi connectivity index (χ0) is 26.0. The van der Waals surface area contributed by atoms with E-state index in [1.54, 1.807) is 43.5 Å². The van der Waals surface area contributed by atoms with Gasteiger partial charge in [-0.05, 0) is 57.6 Å². The molecule has 1 saturated heterocycles. The number of hydrogen-bond donors (Lipinski definition) is 2. The Bertz CT molecular complexity index is 1120. The van der Waals surface area contributed by atoms with E-state index >= 15 is 0 Å². The average Bonchev–Trinajstić information content (AvgIpc) is 2.87. The second kappa shape index (κ2) is 10.7. The number of ether oxygens (including phenoxy) is 1. The first-order valence-electron chi connectivity index (χ1n) is 12.3. The van der Waals surface area contributed by atoms with Crippen LogP contribution in [0.4, 0.5) is 23.1 Å². The highest BCUT2D eigenvalue weighted by atomic mass is 16.5. The predicted molar refractivity (Wildman–Crippen MR) is 140 cm³/mol. The fourth-order valence-corrected chi connectivity index (χ4v) is 4.72. The second-order valence-corrected chi connectivity index (χ2v) is 9.51. The first kappa shape index (κ1) is 25.6. The van der Waals surface area contributed by atoms with Crippen LogP contribution in [0.3, 0.4) is 0 Å². The second-order valence-electron chi connectivity index (χ2n) is 9.51. The third kappa shape index (κ3) is 5.07. The van der Waals surface area contributed by atoms with E-state index in [4.69, 9.17) is 9.72 Å². The van der Waals surface area contributed by atoms with Gasteiger partial charge < -0.3 is 25.2 Å². The number of carbonyl (C=O) groups excluding carboxylic acids is 2. The van der Waals surface area contributed by atoms with Crippen LogP contribution in [0.1, 0.15) is 36.5 Å². The van der Waals surface area contributed by atoms with Gasteiger partial charge in [-0.1, -0.05) is 6.92 Å². The monoisotopic (exact) mass is 496 g/mol. The minimum atomic E-state index is -0.350. The van der Waals surface area contributed by atoms with Gasteiger partial charge in [0.25, 0.3) is 11.8 Å². The molecular formula is C25H36N8O3. The molecule has 2 N–H and O–H groups in total. The summed E-state index contributed by atoms with van der Waals surface area (Å²) in [6.45, 7) is 3.94. The predicted octanol–water partition coefficient (Wildman–Crippen LogP) is 2.09. The molecular weight excluding hydrogens is 460 g/mol.